The van der Waals surface area contributed by atoms with E-state index in [1.54, 1.807) is 22.8 Å². The smallest absolute Gasteiger partial charge is 0.275 e. The summed E-state index contributed by atoms with van der Waals surface area (Å²) in [5, 5.41) is 12.4. The number of aromatic nitrogens is 1. The van der Waals surface area contributed by atoms with E-state index in [1.807, 2.05) is 31.2 Å². The van der Waals surface area contributed by atoms with Crippen molar-refractivity contribution in [2.75, 3.05) is 13.2 Å². The van der Waals surface area contributed by atoms with Gasteiger partial charge in [-0.2, -0.15) is 0 Å². The SMILES string of the molecule is C[C@@H]1C=C[C@H](CO)N2C[C@H]1n1cc(C(=O)NCc3ccc(F)cc3F)c(=O)c(OCc3ccccc3)c1C2=O. The Morgan fingerprint density at radius 3 is 2.62 bits per heavy atom. The maximum absolute atomic E-state index is 14.1. The minimum Gasteiger partial charge on any atom is -0.483 e. The molecule has 3 atom stereocenters. The third-order valence-electron chi connectivity index (χ3n) is 7.15. The lowest BCUT2D eigenvalue weighted by molar-refractivity contribution is 0.0529. The van der Waals surface area contributed by atoms with Crippen LogP contribution in [0.1, 0.15) is 44.9 Å². The van der Waals surface area contributed by atoms with Gasteiger partial charge in [0.1, 0.15) is 23.8 Å². The lowest BCUT2D eigenvalue weighted by atomic mass is 9.98. The Hall–Kier alpha value is -4.31. The number of pyridine rings is 1. The van der Waals surface area contributed by atoms with E-state index in [9.17, 15) is 28.3 Å². The molecule has 0 spiro atoms. The highest BCUT2D eigenvalue weighted by atomic mass is 19.1. The zero-order valence-electron chi connectivity index (χ0n) is 21.1. The van der Waals surface area contributed by atoms with Crippen LogP contribution in [-0.4, -0.2) is 45.6 Å². The molecule has 39 heavy (non-hydrogen) atoms. The number of hydrogen-bond donors (Lipinski definition) is 2. The van der Waals surface area contributed by atoms with Crippen molar-refractivity contribution in [3.05, 3.63) is 111 Å². The summed E-state index contributed by atoms with van der Waals surface area (Å²) in [6, 6.07) is 11.1. The highest BCUT2D eigenvalue weighted by molar-refractivity contribution is 5.99. The summed E-state index contributed by atoms with van der Waals surface area (Å²) < 4.78 is 34.9. The molecule has 2 aliphatic heterocycles. The molecule has 5 rings (SSSR count). The van der Waals surface area contributed by atoms with Crippen molar-refractivity contribution in [1.82, 2.24) is 14.8 Å². The van der Waals surface area contributed by atoms with Crippen LogP contribution in [0.15, 0.2) is 71.7 Å². The topological polar surface area (TPSA) is 101 Å². The Labute approximate surface area is 223 Å². The first kappa shape index (κ1) is 26.3. The van der Waals surface area contributed by atoms with E-state index in [-0.39, 0.29) is 60.8 Å². The number of aliphatic hydroxyl groups excluding tert-OH is 1. The lowest BCUT2D eigenvalue weighted by Gasteiger charge is -2.39. The maximum atomic E-state index is 14.1. The van der Waals surface area contributed by atoms with Gasteiger partial charge in [-0.1, -0.05) is 55.5 Å². The van der Waals surface area contributed by atoms with Gasteiger partial charge in [-0.05, 0) is 17.5 Å². The fourth-order valence-corrected chi connectivity index (χ4v) is 4.95. The van der Waals surface area contributed by atoms with Crippen molar-refractivity contribution in [2.45, 2.75) is 32.2 Å². The summed E-state index contributed by atoms with van der Waals surface area (Å²) in [6.07, 6.45) is 5.00. The van der Waals surface area contributed by atoms with Gasteiger partial charge >= 0.3 is 0 Å². The number of amides is 2. The third kappa shape index (κ3) is 5.07. The molecule has 3 aromatic rings. The zero-order chi connectivity index (χ0) is 27.7. The van der Waals surface area contributed by atoms with Gasteiger partial charge in [0, 0.05) is 30.9 Å². The molecule has 0 fully saturated rings. The van der Waals surface area contributed by atoms with Crippen LogP contribution in [0, 0.1) is 17.6 Å². The summed E-state index contributed by atoms with van der Waals surface area (Å²) in [5.41, 5.74) is -0.260. The van der Waals surface area contributed by atoms with Gasteiger partial charge in [0.25, 0.3) is 11.8 Å². The van der Waals surface area contributed by atoms with Crippen molar-refractivity contribution in [2.24, 2.45) is 5.92 Å². The van der Waals surface area contributed by atoms with Crippen LogP contribution in [0.25, 0.3) is 0 Å². The van der Waals surface area contributed by atoms with E-state index < -0.39 is 34.9 Å². The second-order valence-corrected chi connectivity index (χ2v) is 9.67. The molecule has 0 radical (unpaired) electrons. The molecule has 10 heteroatoms. The second-order valence-electron chi connectivity index (χ2n) is 9.67. The van der Waals surface area contributed by atoms with Gasteiger partial charge in [-0.15, -0.1) is 0 Å². The quantitative estimate of drug-likeness (QED) is 0.453. The number of fused-ring (bicyclic) bond motifs is 4. The predicted octanol–water partition coefficient (Wildman–Crippen LogP) is 3.20. The van der Waals surface area contributed by atoms with E-state index in [0.29, 0.717) is 6.07 Å². The first-order valence-corrected chi connectivity index (χ1v) is 12.6. The first-order valence-electron chi connectivity index (χ1n) is 12.6. The number of halogens is 2. The van der Waals surface area contributed by atoms with Gasteiger partial charge in [0.05, 0.1) is 18.7 Å². The largest absolute Gasteiger partial charge is 0.483 e. The van der Waals surface area contributed by atoms with Gasteiger partial charge in [0.2, 0.25) is 5.43 Å². The number of nitrogens with zero attached hydrogens (tertiary/aromatic N) is 2. The van der Waals surface area contributed by atoms with Crippen molar-refractivity contribution in [3.8, 4) is 5.75 Å². The van der Waals surface area contributed by atoms with Crippen molar-refractivity contribution in [3.63, 3.8) is 0 Å². The molecular weight excluding hydrogens is 508 g/mol. The average molecular weight is 536 g/mol. The van der Waals surface area contributed by atoms with Crippen molar-refractivity contribution < 1.29 is 28.2 Å². The van der Waals surface area contributed by atoms with Crippen LogP contribution in [0.2, 0.25) is 0 Å². The monoisotopic (exact) mass is 535 g/mol. The third-order valence-corrected chi connectivity index (χ3v) is 7.15. The molecular formula is C29H27F2N3O5. The number of carbonyl (C=O) groups excluding carboxylic acids is 2. The number of allylic oxidation sites excluding steroid dienone is 1. The van der Waals surface area contributed by atoms with E-state index in [2.05, 4.69) is 5.32 Å². The Morgan fingerprint density at radius 2 is 1.90 bits per heavy atom. The molecule has 2 bridgehead atoms. The fraction of sp³-hybridized carbons (Fsp3) is 0.276. The van der Waals surface area contributed by atoms with E-state index in [0.717, 1.165) is 11.6 Å². The van der Waals surface area contributed by atoms with E-state index >= 15 is 0 Å². The molecule has 2 N–H and O–H groups in total. The first-order chi connectivity index (χ1) is 18.8. The molecule has 8 nitrogen and oxygen atoms in total. The number of ether oxygens (including phenoxy) is 1. The molecule has 0 saturated carbocycles. The summed E-state index contributed by atoms with van der Waals surface area (Å²) >= 11 is 0. The average Bonchev–Trinajstić information content (AvgIpc) is 3.08. The highest BCUT2D eigenvalue weighted by Gasteiger charge is 2.41. The predicted molar refractivity (Wildman–Crippen MR) is 138 cm³/mol. The minimum absolute atomic E-state index is 0.00214. The van der Waals surface area contributed by atoms with Gasteiger partial charge < -0.3 is 24.6 Å². The number of rotatable bonds is 7. The molecule has 1 aromatic heterocycles. The maximum Gasteiger partial charge on any atom is 0.275 e. The molecule has 2 aromatic carbocycles. The lowest BCUT2D eigenvalue weighted by Crippen LogP contribution is -2.50. The Bertz CT molecular complexity index is 1500. The number of nitrogens with one attached hydrogen (secondary N) is 1. The van der Waals surface area contributed by atoms with Gasteiger partial charge in [-0.25, -0.2) is 8.78 Å². The molecule has 3 heterocycles. The van der Waals surface area contributed by atoms with E-state index in [4.69, 9.17) is 4.74 Å². The van der Waals surface area contributed by atoms with Crippen molar-refractivity contribution >= 4 is 11.8 Å². The molecule has 0 aliphatic carbocycles. The van der Waals surface area contributed by atoms with Crippen LogP contribution in [0.3, 0.4) is 0 Å². The summed E-state index contributed by atoms with van der Waals surface area (Å²) in [4.78, 5) is 42.0. The van der Waals surface area contributed by atoms with Crippen LogP contribution in [-0.2, 0) is 13.2 Å². The summed E-state index contributed by atoms with van der Waals surface area (Å²) in [7, 11) is 0. The van der Waals surface area contributed by atoms with Crippen LogP contribution in [0.4, 0.5) is 8.78 Å². The zero-order valence-corrected chi connectivity index (χ0v) is 21.1. The molecule has 202 valence electrons. The molecule has 0 unspecified atom stereocenters. The fourth-order valence-electron chi connectivity index (χ4n) is 4.95. The van der Waals surface area contributed by atoms with Gasteiger partial charge in [0.15, 0.2) is 11.4 Å². The summed E-state index contributed by atoms with van der Waals surface area (Å²) in [6.45, 7) is 1.61. The Morgan fingerprint density at radius 1 is 1.13 bits per heavy atom. The molecule has 2 aliphatic rings. The number of benzene rings is 2. The summed E-state index contributed by atoms with van der Waals surface area (Å²) in [5.74, 6) is -3.24. The van der Waals surface area contributed by atoms with Gasteiger partial charge in [-0.3, -0.25) is 14.4 Å². The van der Waals surface area contributed by atoms with Crippen LogP contribution in [0.5, 0.6) is 5.75 Å². The minimum atomic E-state index is -0.826. The number of carbonyl (C=O) groups is 2. The van der Waals surface area contributed by atoms with Crippen LogP contribution < -0.4 is 15.5 Å². The Kier molecular flexibility index (Phi) is 7.30. The molecule has 0 saturated heterocycles. The van der Waals surface area contributed by atoms with E-state index in [1.165, 1.54) is 17.2 Å². The van der Waals surface area contributed by atoms with Crippen molar-refractivity contribution in [1.29, 1.82) is 0 Å². The molecule has 2 amide bonds. The number of aliphatic hydroxyl groups is 1. The standard InChI is InChI=1S/C29H27F2N3O5/c1-17-7-10-21(15-35)33-14-24(17)34-13-22(28(37)32-12-19-8-9-20(30)11-23(19)31)26(36)27(25(34)29(33)38)39-16-18-5-3-2-4-6-18/h2-11,13,17,21,24,35H,12,14-16H2,1H3,(H,32,37)/t17-,21-,24-/m1/s1. The number of hydrogen-bond acceptors (Lipinski definition) is 5. The highest BCUT2D eigenvalue weighted by Crippen LogP contribution is 2.35. The van der Waals surface area contributed by atoms with Crippen LogP contribution >= 0.6 is 0 Å². The Balaban J connectivity index is 1.57. The second kappa shape index (κ2) is 10.8. The normalized spacial score (nSPS) is 19.8.